The van der Waals surface area contributed by atoms with Crippen LogP contribution in [0.3, 0.4) is 0 Å². The average Bonchev–Trinajstić information content (AvgIpc) is 2.75. The number of anilines is 1. The highest BCUT2D eigenvalue weighted by atomic mass is 32.2. The van der Waals surface area contributed by atoms with Gasteiger partial charge in [0.05, 0.1) is 10.6 Å². The van der Waals surface area contributed by atoms with Crippen molar-refractivity contribution in [3.05, 3.63) is 84.4 Å². The van der Waals surface area contributed by atoms with Gasteiger partial charge >= 0.3 is 0 Å². The highest BCUT2D eigenvalue weighted by Gasteiger charge is 2.12. The Kier molecular flexibility index (Phi) is 6.64. The van der Waals surface area contributed by atoms with Gasteiger partial charge in [0, 0.05) is 6.42 Å². The zero-order valence-electron chi connectivity index (χ0n) is 16.0. The highest BCUT2D eigenvalue weighted by Crippen LogP contribution is 2.29. The van der Waals surface area contributed by atoms with Crippen LogP contribution in [0.1, 0.15) is 12.0 Å². The van der Waals surface area contributed by atoms with Crippen LogP contribution in [0.5, 0.6) is 11.5 Å². The van der Waals surface area contributed by atoms with Crippen molar-refractivity contribution in [2.75, 3.05) is 12.4 Å². The zero-order valence-corrected chi connectivity index (χ0v) is 16.8. The molecule has 1 amide bonds. The lowest BCUT2D eigenvalue weighted by molar-refractivity contribution is -0.116. The summed E-state index contributed by atoms with van der Waals surface area (Å²) in [5.74, 6) is 1.10. The van der Waals surface area contributed by atoms with Crippen molar-refractivity contribution >= 4 is 21.6 Å². The number of aryl methyl sites for hydroxylation is 1. The summed E-state index contributed by atoms with van der Waals surface area (Å²) in [7, 11) is -2.09. The summed E-state index contributed by atoms with van der Waals surface area (Å²) >= 11 is 0. The monoisotopic (exact) mass is 410 g/mol. The fourth-order valence-corrected chi connectivity index (χ4v) is 3.43. The van der Waals surface area contributed by atoms with Crippen LogP contribution in [0.4, 0.5) is 5.69 Å². The summed E-state index contributed by atoms with van der Waals surface area (Å²) in [6.45, 7) is 0. The molecule has 29 heavy (non-hydrogen) atoms. The van der Waals surface area contributed by atoms with E-state index in [1.807, 2.05) is 42.5 Å². The molecule has 7 heteroatoms. The molecule has 0 radical (unpaired) electrons. The predicted octanol–water partition coefficient (Wildman–Crippen LogP) is 3.96. The minimum absolute atomic E-state index is 0.152. The molecular weight excluding hydrogens is 388 g/mol. The Morgan fingerprint density at radius 2 is 1.55 bits per heavy atom. The number of hydrogen-bond donors (Lipinski definition) is 2. The number of amides is 1. The van der Waals surface area contributed by atoms with Gasteiger partial charge in [-0.3, -0.25) is 4.79 Å². The minimum Gasteiger partial charge on any atom is -0.455 e. The molecule has 0 heterocycles. The van der Waals surface area contributed by atoms with Gasteiger partial charge in [-0.25, -0.2) is 13.1 Å². The molecule has 150 valence electrons. The van der Waals surface area contributed by atoms with Crippen molar-refractivity contribution in [1.82, 2.24) is 4.72 Å². The Morgan fingerprint density at radius 1 is 0.897 bits per heavy atom. The first-order chi connectivity index (χ1) is 14.0. The number of rotatable bonds is 8. The number of carbonyl (C=O) groups is 1. The van der Waals surface area contributed by atoms with Crippen LogP contribution in [-0.4, -0.2) is 21.4 Å². The number of carbonyl (C=O) groups excluding carboxylic acids is 1. The molecule has 0 aromatic heterocycles. The van der Waals surface area contributed by atoms with Gasteiger partial charge in [-0.2, -0.15) is 0 Å². The molecular formula is C22H22N2O4S. The van der Waals surface area contributed by atoms with E-state index in [0.717, 1.165) is 5.56 Å². The summed E-state index contributed by atoms with van der Waals surface area (Å²) in [6, 6.07) is 23.1. The second-order valence-corrected chi connectivity index (χ2v) is 8.20. The smallest absolute Gasteiger partial charge is 0.240 e. The van der Waals surface area contributed by atoms with Crippen LogP contribution >= 0.6 is 0 Å². The lowest BCUT2D eigenvalue weighted by Gasteiger charge is -2.12. The van der Waals surface area contributed by atoms with E-state index in [9.17, 15) is 13.2 Å². The number of hydrogen-bond acceptors (Lipinski definition) is 4. The van der Waals surface area contributed by atoms with Crippen LogP contribution in [0.25, 0.3) is 0 Å². The maximum atomic E-state index is 12.4. The Balaban J connectivity index is 1.60. The second-order valence-electron chi connectivity index (χ2n) is 6.31. The van der Waals surface area contributed by atoms with Gasteiger partial charge < -0.3 is 10.1 Å². The number of para-hydroxylation sites is 3. The summed E-state index contributed by atoms with van der Waals surface area (Å²) in [4.78, 5) is 12.6. The van der Waals surface area contributed by atoms with Gasteiger partial charge in [0.25, 0.3) is 0 Å². The average molecular weight is 410 g/mol. The lowest BCUT2D eigenvalue weighted by atomic mass is 10.1. The quantitative estimate of drug-likeness (QED) is 0.589. The van der Waals surface area contributed by atoms with E-state index in [1.54, 1.807) is 24.3 Å². The van der Waals surface area contributed by atoms with E-state index in [2.05, 4.69) is 10.0 Å². The van der Waals surface area contributed by atoms with Crippen molar-refractivity contribution in [3.8, 4) is 11.5 Å². The van der Waals surface area contributed by atoms with Crippen LogP contribution < -0.4 is 14.8 Å². The molecule has 0 saturated heterocycles. The maximum absolute atomic E-state index is 12.4. The Morgan fingerprint density at radius 3 is 2.24 bits per heavy atom. The molecule has 0 unspecified atom stereocenters. The molecule has 3 rings (SSSR count). The molecule has 6 nitrogen and oxygen atoms in total. The third-order valence-corrected chi connectivity index (χ3v) is 5.71. The number of benzene rings is 3. The number of nitrogens with one attached hydrogen (secondary N) is 2. The normalized spacial score (nSPS) is 11.1. The minimum atomic E-state index is -3.46. The number of sulfonamides is 1. The van der Waals surface area contributed by atoms with Crippen LogP contribution in [0, 0.1) is 0 Å². The third kappa shape index (κ3) is 5.66. The van der Waals surface area contributed by atoms with E-state index in [0.29, 0.717) is 23.6 Å². The Hall–Kier alpha value is -3.16. The molecule has 0 aliphatic heterocycles. The molecule has 0 aliphatic carbocycles. The van der Waals surface area contributed by atoms with E-state index >= 15 is 0 Å². The molecule has 0 bridgehead atoms. The molecule has 0 aliphatic rings. The summed E-state index contributed by atoms with van der Waals surface area (Å²) in [5, 5.41) is 2.88. The van der Waals surface area contributed by atoms with Gasteiger partial charge in [0.2, 0.25) is 15.9 Å². The van der Waals surface area contributed by atoms with Crippen molar-refractivity contribution in [2.24, 2.45) is 0 Å². The molecule has 3 aromatic rings. The molecule has 2 N–H and O–H groups in total. The van der Waals surface area contributed by atoms with Crippen molar-refractivity contribution < 1.29 is 17.9 Å². The zero-order chi connectivity index (χ0) is 20.7. The van der Waals surface area contributed by atoms with E-state index in [1.165, 1.54) is 19.2 Å². The maximum Gasteiger partial charge on any atom is 0.240 e. The topological polar surface area (TPSA) is 84.5 Å². The fraction of sp³-hybridized carbons (Fsp3) is 0.136. The lowest BCUT2D eigenvalue weighted by Crippen LogP contribution is -2.18. The Bertz CT molecular complexity index is 1070. The van der Waals surface area contributed by atoms with Crippen LogP contribution in [0.2, 0.25) is 0 Å². The van der Waals surface area contributed by atoms with E-state index in [4.69, 9.17) is 4.74 Å². The van der Waals surface area contributed by atoms with Crippen molar-refractivity contribution in [2.45, 2.75) is 17.7 Å². The van der Waals surface area contributed by atoms with Gasteiger partial charge in [0.1, 0.15) is 5.75 Å². The summed E-state index contributed by atoms with van der Waals surface area (Å²) < 4.78 is 31.6. The first-order valence-electron chi connectivity index (χ1n) is 9.12. The van der Waals surface area contributed by atoms with Crippen LogP contribution in [-0.2, 0) is 21.2 Å². The second kappa shape index (κ2) is 9.36. The molecule has 0 atom stereocenters. The Labute approximate surface area is 170 Å². The SMILES string of the molecule is CNS(=O)(=O)c1ccc(CCC(=O)Nc2ccccc2Oc2ccccc2)cc1. The van der Waals surface area contributed by atoms with Gasteiger partial charge in [-0.1, -0.05) is 42.5 Å². The third-order valence-electron chi connectivity index (χ3n) is 4.28. The van der Waals surface area contributed by atoms with Crippen molar-refractivity contribution in [3.63, 3.8) is 0 Å². The van der Waals surface area contributed by atoms with Crippen LogP contribution in [0.15, 0.2) is 83.8 Å². The molecule has 3 aromatic carbocycles. The van der Waals surface area contributed by atoms with E-state index < -0.39 is 10.0 Å². The largest absolute Gasteiger partial charge is 0.455 e. The van der Waals surface area contributed by atoms with Gasteiger partial charge in [0.15, 0.2) is 5.75 Å². The predicted molar refractivity (Wildman–Crippen MR) is 113 cm³/mol. The van der Waals surface area contributed by atoms with Crippen molar-refractivity contribution in [1.29, 1.82) is 0 Å². The van der Waals surface area contributed by atoms with E-state index in [-0.39, 0.29) is 17.2 Å². The first kappa shape index (κ1) is 20.6. The fourth-order valence-electron chi connectivity index (χ4n) is 2.70. The first-order valence-corrected chi connectivity index (χ1v) is 10.6. The standard InChI is InChI=1S/C22H22N2O4S/c1-23-29(26,27)19-14-11-17(12-15-19)13-16-22(25)24-20-9-5-6-10-21(20)28-18-7-3-2-4-8-18/h2-12,14-15,23H,13,16H2,1H3,(H,24,25). The summed E-state index contributed by atoms with van der Waals surface area (Å²) in [6.07, 6.45) is 0.755. The van der Waals surface area contributed by atoms with Gasteiger partial charge in [-0.15, -0.1) is 0 Å². The summed E-state index contributed by atoms with van der Waals surface area (Å²) in [5.41, 5.74) is 1.47. The molecule has 0 saturated carbocycles. The van der Waals surface area contributed by atoms with Gasteiger partial charge in [-0.05, 0) is 55.4 Å². The number of ether oxygens (including phenoxy) is 1. The molecule has 0 fully saturated rings. The highest BCUT2D eigenvalue weighted by molar-refractivity contribution is 7.89. The molecule has 0 spiro atoms.